The lowest BCUT2D eigenvalue weighted by molar-refractivity contribution is -0.118. The van der Waals surface area contributed by atoms with E-state index in [1.807, 2.05) is 30.3 Å². The molecule has 0 aromatic heterocycles. The van der Waals surface area contributed by atoms with Crippen LogP contribution in [0, 0.1) is 5.92 Å². The lowest BCUT2D eigenvalue weighted by Crippen LogP contribution is -2.15. The van der Waals surface area contributed by atoms with Crippen molar-refractivity contribution < 1.29 is 4.79 Å². The molecule has 76 valence electrons. The fourth-order valence-corrected chi connectivity index (χ4v) is 1.28. The zero-order valence-corrected chi connectivity index (χ0v) is 8.79. The van der Waals surface area contributed by atoms with Crippen LogP contribution in [0.2, 0.25) is 0 Å². The third-order valence-electron chi connectivity index (χ3n) is 1.90. The van der Waals surface area contributed by atoms with E-state index in [4.69, 9.17) is 0 Å². The maximum atomic E-state index is 11.4. The summed E-state index contributed by atoms with van der Waals surface area (Å²) in [6.45, 7) is 4.54. The van der Waals surface area contributed by atoms with Gasteiger partial charge in [0.1, 0.15) is 0 Å². The van der Waals surface area contributed by atoms with E-state index in [1.54, 1.807) is 0 Å². The number of carbonyl (C=O) groups is 1. The molecule has 0 spiro atoms. The van der Waals surface area contributed by atoms with E-state index in [-0.39, 0.29) is 5.78 Å². The lowest BCUT2D eigenvalue weighted by Gasteiger charge is -2.06. The number of hydrogen-bond acceptors (Lipinski definition) is 2. The van der Waals surface area contributed by atoms with Crippen LogP contribution in [0.4, 0.5) is 5.69 Å². The molecule has 1 N–H and O–H groups in total. The van der Waals surface area contributed by atoms with Crippen molar-refractivity contribution in [3.05, 3.63) is 30.3 Å². The van der Waals surface area contributed by atoms with Crippen LogP contribution in [0.3, 0.4) is 0 Å². The minimum atomic E-state index is 0.267. The molecule has 0 radical (unpaired) electrons. The zero-order chi connectivity index (χ0) is 10.4. The fraction of sp³-hybridized carbons (Fsp3) is 0.417. The molecular weight excluding hydrogens is 174 g/mol. The van der Waals surface area contributed by atoms with Crippen LogP contribution >= 0.6 is 0 Å². The Morgan fingerprint density at radius 1 is 1.29 bits per heavy atom. The first-order valence-electron chi connectivity index (χ1n) is 4.99. The third-order valence-corrected chi connectivity index (χ3v) is 1.90. The molecule has 0 aliphatic rings. The minimum Gasteiger partial charge on any atom is -0.378 e. The maximum absolute atomic E-state index is 11.4. The number of carbonyl (C=O) groups excluding carboxylic acids is 1. The van der Waals surface area contributed by atoms with Crippen LogP contribution in [0.1, 0.15) is 20.3 Å². The number of rotatable bonds is 5. The molecule has 0 unspecified atom stereocenters. The van der Waals surface area contributed by atoms with Gasteiger partial charge in [-0.2, -0.15) is 0 Å². The highest BCUT2D eigenvalue weighted by molar-refractivity contribution is 5.82. The van der Waals surface area contributed by atoms with Gasteiger partial charge >= 0.3 is 0 Å². The van der Waals surface area contributed by atoms with Crippen LogP contribution in [0.25, 0.3) is 0 Å². The standard InChI is InChI=1S/C12H17NO/c1-10(2)8-12(14)9-13-11-6-4-3-5-7-11/h3-7,10,13H,8-9H2,1-2H3. The molecule has 0 amide bonds. The van der Waals surface area contributed by atoms with Crippen molar-refractivity contribution in [1.29, 1.82) is 0 Å². The SMILES string of the molecule is CC(C)CC(=O)CNc1ccccc1. The maximum Gasteiger partial charge on any atom is 0.152 e. The fourth-order valence-electron chi connectivity index (χ4n) is 1.28. The quantitative estimate of drug-likeness (QED) is 0.775. The molecule has 2 nitrogen and oxygen atoms in total. The van der Waals surface area contributed by atoms with E-state index in [0.29, 0.717) is 18.9 Å². The molecule has 14 heavy (non-hydrogen) atoms. The molecule has 0 heterocycles. The highest BCUT2D eigenvalue weighted by Crippen LogP contribution is 2.05. The average molecular weight is 191 g/mol. The first kappa shape index (κ1) is 10.8. The summed E-state index contributed by atoms with van der Waals surface area (Å²) >= 11 is 0. The van der Waals surface area contributed by atoms with Gasteiger partial charge in [-0.25, -0.2) is 0 Å². The Balaban J connectivity index is 2.31. The highest BCUT2D eigenvalue weighted by atomic mass is 16.1. The van der Waals surface area contributed by atoms with Gasteiger partial charge in [0.25, 0.3) is 0 Å². The first-order chi connectivity index (χ1) is 6.68. The summed E-state index contributed by atoms with van der Waals surface area (Å²) < 4.78 is 0. The Hall–Kier alpha value is -1.31. The van der Waals surface area contributed by atoms with Crippen molar-refractivity contribution in [2.45, 2.75) is 20.3 Å². The van der Waals surface area contributed by atoms with E-state index < -0.39 is 0 Å². The third kappa shape index (κ3) is 4.08. The molecule has 2 heteroatoms. The Kier molecular flexibility index (Phi) is 4.17. The summed E-state index contributed by atoms with van der Waals surface area (Å²) in [6.07, 6.45) is 0.653. The molecule has 1 rings (SSSR count). The number of ketones is 1. The van der Waals surface area contributed by atoms with Gasteiger partial charge in [0, 0.05) is 12.1 Å². The van der Waals surface area contributed by atoms with Gasteiger partial charge in [-0.15, -0.1) is 0 Å². The monoisotopic (exact) mass is 191 g/mol. The number of Topliss-reactive ketones (excluding diaryl/α,β-unsaturated/α-hetero) is 1. The van der Waals surface area contributed by atoms with Crippen LogP contribution in [0.5, 0.6) is 0 Å². The van der Waals surface area contributed by atoms with Crippen molar-refractivity contribution in [2.24, 2.45) is 5.92 Å². The van der Waals surface area contributed by atoms with Gasteiger partial charge in [0.2, 0.25) is 0 Å². The Morgan fingerprint density at radius 2 is 1.93 bits per heavy atom. The van der Waals surface area contributed by atoms with E-state index in [0.717, 1.165) is 5.69 Å². The summed E-state index contributed by atoms with van der Waals surface area (Å²) in [7, 11) is 0. The summed E-state index contributed by atoms with van der Waals surface area (Å²) in [5, 5.41) is 3.10. The molecule has 1 aromatic rings. The summed E-state index contributed by atoms with van der Waals surface area (Å²) in [4.78, 5) is 11.4. The van der Waals surface area contributed by atoms with Crippen LogP contribution < -0.4 is 5.32 Å². The number of hydrogen-bond donors (Lipinski definition) is 1. The Morgan fingerprint density at radius 3 is 2.50 bits per heavy atom. The summed E-state index contributed by atoms with van der Waals surface area (Å²) in [6, 6.07) is 9.79. The molecule has 0 saturated carbocycles. The number of para-hydroxylation sites is 1. The summed E-state index contributed by atoms with van der Waals surface area (Å²) in [5.41, 5.74) is 1.00. The molecule has 1 aromatic carbocycles. The normalized spacial score (nSPS) is 10.2. The second-order valence-corrected chi connectivity index (χ2v) is 3.86. The second-order valence-electron chi connectivity index (χ2n) is 3.86. The Bertz CT molecular complexity index is 280. The predicted octanol–water partition coefficient (Wildman–Crippen LogP) is 2.71. The van der Waals surface area contributed by atoms with Gasteiger partial charge in [-0.1, -0.05) is 32.0 Å². The smallest absolute Gasteiger partial charge is 0.152 e. The zero-order valence-electron chi connectivity index (χ0n) is 8.79. The second kappa shape index (κ2) is 5.43. The molecule has 0 aliphatic heterocycles. The van der Waals surface area contributed by atoms with Gasteiger partial charge < -0.3 is 5.32 Å². The van der Waals surface area contributed by atoms with Gasteiger partial charge in [0.15, 0.2) is 5.78 Å². The van der Waals surface area contributed by atoms with E-state index >= 15 is 0 Å². The lowest BCUT2D eigenvalue weighted by atomic mass is 10.1. The Labute approximate surface area is 85.3 Å². The van der Waals surface area contributed by atoms with Crippen LogP contribution in [-0.2, 0) is 4.79 Å². The number of nitrogens with one attached hydrogen (secondary N) is 1. The van der Waals surface area contributed by atoms with E-state index in [2.05, 4.69) is 19.2 Å². The largest absolute Gasteiger partial charge is 0.378 e. The molecule has 0 saturated heterocycles. The molecule has 0 aliphatic carbocycles. The molecule has 0 bridgehead atoms. The van der Waals surface area contributed by atoms with Crippen molar-refractivity contribution in [3.8, 4) is 0 Å². The van der Waals surface area contributed by atoms with Crippen molar-refractivity contribution in [1.82, 2.24) is 0 Å². The minimum absolute atomic E-state index is 0.267. The summed E-state index contributed by atoms with van der Waals surface area (Å²) in [5.74, 6) is 0.712. The van der Waals surface area contributed by atoms with Gasteiger partial charge in [0.05, 0.1) is 6.54 Å². The number of anilines is 1. The van der Waals surface area contributed by atoms with Gasteiger partial charge in [-0.3, -0.25) is 4.79 Å². The highest BCUT2D eigenvalue weighted by Gasteiger charge is 2.03. The predicted molar refractivity (Wildman–Crippen MR) is 59.4 cm³/mol. The average Bonchev–Trinajstić information content (AvgIpc) is 2.15. The van der Waals surface area contributed by atoms with E-state index in [9.17, 15) is 4.79 Å². The van der Waals surface area contributed by atoms with Crippen molar-refractivity contribution in [3.63, 3.8) is 0 Å². The van der Waals surface area contributed by atoms with Gasteiger partial charge in [-0.05, 0) is 18.1 Å². The first-order valence-corrected chi connectivity index (χ1v) is 4.99. The van der Waals surface area contributed by atoms with Crippen LogP contribution in [0.15, 0.2) is 30.3 Å². The van der Waals surface area contributed by atoms with E-state index in [1.165, 1.54) is 0 Å². The van der Waals surface area contributed by atoms with Crippen molar-refractivity contribution in [2.75, 3.05) is 11.9 Å². The topological polar surface area (TPSA) is 29.1 Å². The van der Waals surface area contributed by atoms with Crippen molar-refractivity contribution >= 4 is 11.5 Å². The molecule has 0 fully saturated rings. The van der Waals surface area contributed by atoms with Crippen LogP contribution in [-0.4, -0.2) is 12.3 Å². The number of benzene rings is 1. The molecule has 0 atom stereocenters. The molecular formula is C12H17NO.